The predicted molar refractivity (Wildman–Crippen MR) is 134 cm³/mol. The number of pyridine rings is 2. The summed E-state index contributed by atoms with van der Waals surface area (Å²) in [7, 11) is -3.36. The maximum Gasteiger partial charge on any atom is 0.225 e. The monoisotopic (exact) mass is 492 g/mol. The molecule has 0 saturated carbocycles. The molecule has 5 heterocycles. The molecule has 0 aliphatic carbocycles. The maximum atomic E-state index is 11.8. The second-order valence-corrected chi connectivity index (χ2v) is 10.8. The van der Waals surface area contributed by atoms with Gasteiger partial charge in [0.15, 0.2) is 20.5 Å². The minimum absolute atomic E-state index is 0.0570. The van der Waals surface area contributed by atoms with Gasteiger partial charge in [0.25, 0.3) is 0 Å². The Balaban J connectivity index is 1.34. The Hall–Kier alpha value is -3.60. The second-order valence-electron chi connectivity index (χ2n) is 8.86. The molecular weight excluding hydrogens is 464 g/mol. The van der Waals surface area contributed by atoms with Crippen molar-refractivity contribution in [1.82, 2.24) is 29.5 Å². The summed E-state index contributed by atoms with van der Waals surface area (Å²) in [4.78, 5) is 15.5. The molecule has 0 spiro atoms. The number of piperidine rings is 1. The van der Waals surface area contributed by atoms with Gasteiger partial charge in [0.2, 0.25) is 5.95 Å². The molecule has 1 aliphatic rings. The van der Waals surface area contributed by atoms with Crippen molar-refractivity contribution in [2.24, 2.45) is 0 Å². The average molecular weight is 493 g/mol. The summed E-state index contributed by atoms with van der Waals surface area (Å²) in [6.07, 6.45) is 9.75. The number of rotatable bonds is 6. The van der Waals surface area contributed by atoms with E-state index in [4.69, 9.17) is 0 Å². The lowest BCUT2D eigenvalue weighted by molar-refractivity contribution is 0.477. The van der Waals surface area contributed by atoms with Crippen molar-refractivity contribution in [3.8, 4) is 0 Å². The van der Waals surface area contributed by atoms with Gasteiger partial charge in [0.1, 0.15) is 5.82 Å². The highest BCUT2D eigenvalue weighted by atomic mass is 32.2. The molecule has 0 atom stereocenters. The van der Waals surface area contributed by atoms with Crippen molar-refractivity contribution in [2.75, 3.05) is 29.6 Å². The molecule has 0 aromatic carbocycles. The zero-order valence-electron chi connectivity index (χ0n) is 20.0. The van der Waals surface area contributed by atoms with Crippen LogP contribution in [0.1, 0.15) is 42.8 Å². The van der Waals surface area contributed by atoms with Crippen molar-refractivity contribution in [3.05, 3.63) is 59.9 Å². The SMILES string of the molecule is CCc1cnc(N2CCC(c3nnc4c(Nc5ccc(S(C)(=O)=O)nc5C)cccn34)CC2)nc1. The number of nitrogens with zero attached hydrogens (tertiary/aromatic N) is 7. The molecule has 0 amide bonds. The molecule has 11 heteroatoms. The van der Waals surface area contributed by atoms with E-state index in [1.807, 2.05) is 35.1 Å². The van der Waals surface area contributed by atoms with Gasteiger partial charge < -0.3 is 10.2 Å². The minimum Gasteiger partial charge on any atom is -0.351 e. The predicted octanol–water partition coefficient (Wildman–Crippen LogP) is 3.32. The average Bonchev–Trinajstić information content (AvgIpc) is 3.30. The molecule has 0 radical (unpaired) electrons. The molecule has 1 N–H and O–H groups in total. The number of anilines is 3. The highest BCUT2D eigenvalue weighted by Crippen LogP contribution is 2.31. The Morgan fingerprint density at radius 2 is 1.80 bits per heavy atom. The highest BCUT2D eigenvalue weighted by molar-refractivity contribution is 7.90. The Labute approximate surface area is 204 Å². The van der Waals surface area contributed by atoms with Crippen LogP contribution in [0, 0.1) is 6.92 Å². The lowest BCUT2D eigenvalue weighted by atomic mass is 9.96. The summed E-state index contributed by atoms with van der Waals surface area (Å²) in [5.74, 6) is 2.00. The molecular formula is C24H28N8O2S. The lowest BCUT2D eigenvalue weighted by Crippen LogP contribution is -2.34. The number of aromatic nitrogens is 6. The zero-order valence-corrected chi connectivity index (χ0v) is 20.8. The van der Waals surface area contributed by atoms with Gasteiger partial charge in [-0.25, -0.2) is 23.4 Å². The quantitative estimate of drug-likeness (QED) is 0.432. The van der Waals surface area contributed by atoms with Gasteiger partial charge in [0.05, 0.1) is 17.1 Å². The molecule has 4 aromatic rings. The van der Waals surface area contributed by atoms with E-state index in [1.165, 1.54) is 6.07 Å². The molecule has 1 aliphatic heterocycles. The first-order chi connectivity index (χ1) is 16.8. The van der Waals surface area contributed by atoms with Crippen molar-refractivity contribution in [3.63, 3.8) is 0 Å². The number of hydrogen-bond donors (Lipinski definition) is 1. The summed E-state index contributed by atoms with van der Waals surface area (Å²) in [6.45, 7) is 5.60. The van der Waals surface area contributed by atoms with E-state index in [0.29, 0.717) is 5.69 Å². The van der Waals surface area contributed by atoms with Crippen LogP contribution in [0.5, 0.6) is 0 Å². The minimum atomic E-state index is -3.36. The first-order valence-electron chi connectivity index (χ1n) is 11.7. The number of fused-ring (bicyclic) bond motifs is 1. The summed E-state index contributed by atoms with van der Waals surface area (Å²) < 4.78 is 25.6. The van der Waals surface area contributed by atoms with E-state index in [2.05, 4.69) is 42.3 Å². The molecule has 4 aromatic heterocycles. The van der Waals surface area contributed by atoms with Crippen molar-refractivity contribution < 1.29 is 8.42 Å². The third-order valence-corrected chi connectivity index (χ3v) is 7.40. The molecule has 35 heavy (non-hydrogen) atoms. The number of hydrogen-bond acceptors (Lipinski definition) is 9. The fraction of sp³-hybridized carbons (Fsp3) is 0.375. The van der Waals surface area contributed by atoms with Gasteiger partial charge in [-0.3, -0.25) is 4.40 Å². The Bertz CT molecular complexity index is 1460. The van der Waals surface area contributed by atoms with E-state index in [1.54, 1.807) is 13.0 Å². The zero-order chi connectivity index (χ0) is 24.6. The van der Waals surface area contributed by atoms with Crippen LogP contribution in [0.3, 0.4) is 0 Å². The lowest BCUT2D eigenvalue weighted by Gasteiger charge is -2.31. The fourth-order valence-electron chi connectivity index (χ4n) is 4.36. The van der Waals surface area contributed by atoms with Crippen LogP contribution >= 0.6 is 0 Å². The van der Waals surface area contributed by atoms with Gasteiger partial charge in [-0.1, -0.05) is 6.92 Å². The molecule has 0 bridgehead atoms. The van der Waals surface area contributed by atoms with E-state index < -0.39 is 9.84 Å². The van der Waals surface area contributed by atoms with Crippen LogP contribution in [0.2, 0.25) is 0 Å². The highest BCUT2D eigenvalue weighted by Gasteiger charge is 2.26. The molecule has 182 valence electrons. The fourth-order valence-corrected chi connectivity index (χ4v) is 4.98. The van der Waals surface area contributed by atoms with Crippen LogP contribution in [0.4, 0.5) is 17.3 Å². The van der Waals surface area contributed by atoms with Crippen LogP contribution in [0.15, 0.2) is 47.9 Å². The van der Waals surface area contributed by atoms with E-state index in [9.17, 15) is 8.42 Å². The first-order valence-corrected chi connectivity index (χ1v) is 13.6. The largest absolute Gasteiger partial charge is 0.351 e. The Morgan fingerprint density at radius 1 is 1.06 bits per heavy atom. The maximum absolute atomic E-state index is 11.8. The van der Waals surface area contributed by atoms with Crippen LogP contribution in [-0.4, -0.2) is 57.3 Å². The Morgan fingerprint density at radius 3 is 2.46 bits per heavy atom. The van der Waals surface area contributed by atoms with Crippen LogP contribution in [0.25, 0.3) is 5.65 Å². The molecule has 1 saturated heterocycles. The molecule has 10 nitrogen and oxygen atoms in total. The van der Waals surface area contributed by atoms with Crippen molar-refractivity contribution in [1.29, 1.82) is 0 Å². The molecule has 0 unspecified atom stereocenters. The van der Waals surface area contributed by atoms with Crippen molar-refractivity contribution >= 4 is 32.8 Å². The Kier molecular flexibility index (Phi) is 6.10. The summed E-state index contributed by atoms with van der Waals surface area (Å²) in [5.41, 5.74) is 3.95. The molecule has 5 rings (SSSR count). The third-order valence-electron chi connectivity index (χ3n) is 6.41. The van der Waals surface area contributed by atoms with Crippen LogP contribution in [-0.2, 0) is 16.3 Å². The summed E-state index contributed by atoms with van der Waals surface area (Å²) in [5, 5.41) is 12.4. The second kappa shape index (κ2) is 9.21. The first kappa shape index (κ1) is 23.2. The van der Waals surface area contributed by atoms with Crippen molar-refractivity contribution in [2.45, 2.75) is 44.1 Å². The summed E-state index contributed by atoms with van der Waals surface area (Å²) >= 11 is 0. The van der Waals surface area contributed by atoms with Gasteiger partial charge in [-0.05, 0) is 56.0 Å². The topological polar surface area (TPSA) is 118 Å². The normalized spacial score (nSPS) is 15.0. The van der Waals surface area contributed by atoms with Gasteiger partial charge >= 0.3 is 0 Å². The third kappa shape index (κ3) is 4.68. The van der Waals surface area contributed by atoms with E-state index in [-0.39, 0.29) is 10.9 Å². The van der Waals surface area contributed by atoms with Crippen LogP contribution < -0.4 is 10.2 Å². The standard InChI is InChI=1S/C24H28N8O2S/c1-4-17-14-25-24(26-15-17)31-12-9-18(10-13-31)22-29-30-23-20(6-5-11-32(22)23)28-19-7-8-21(27-16(19)2)35(3,33)34/h5-8,11,14-15,18,28H,4,9-10,12-13H2,1-3H3. The molecule has 1 fully saturated rings. The number of nitrogens with one attached hydrogen (secondary N) is 1. The summed E-state index contributed by atoms with van der Waals surface area (Å²) in [6, 6.07) is 7.11. The van der Waals surface area contributed by atoms with E-state index >= 15 is 0 Å². The van der Waals surface area contributed by atoms with Gasteiger partial charge in [-0.2, -0.15) is 0 Å². The van der Waals surface area contributed by atoms with E-state index in [0.717, 1.165) is 73.0 Å². The van der Waals surface area contributed by atoms with Gasteiger partial charge in [-0.15, -0.1) is 10.2 Å². The van der Waals surface area contributed by atoms with Gasteiger partial charge in [0, 0.05) is 43.9 Å². The number of aryl methyl sites for hydroxylation is 2. The smallest absolute Gasteiger partial charge is 0.225 e. The number of sulfone groups is 1.